The highest BCUT2D eigenvalue weighted by molar-refractivity contribution is 5.67. The van der Waals surface area contributed by atoms with Gasteiger partial charge < -0.3 is 9.84 Å². The summed E-state index contributed by atoms with van der Waals surface area (Å²) in [5, 5.41) is 8.57. The van der Waals surface area contributed by atoms with Crippen molar-refractivity contribution in [2.45, 2.75) is 32.1 Å². The highest BCUT2D eigenvalue weighted by Gasteiger charge is 2.47. The van der Waals surface area contributed by atoms with E-state index in [2.05, 4.69) is 0 Å². The first kappa shape index (κ1) is 10.6. The van der Waals surface area contributed by atoms with Gasteiger partial charge in [-0.2, -0.15) is 0 Å². The van der Waals surface area contributed by atoms with Gasteiger partial charge in [-0.15, -0.1) is 0 Å². The first-order valence-electron chi connectivity index (χ1n) is 6.52. The summed E-state index contributed by atoms with van der Waals surface area (Å²) in [5.74, 6) is 3.46. The first-order chi connectivity index (χ1) is 7.72. The number of rotatable bonds is 4. The van der Waals surface area contributed by atoms with Crippen molar-refractivity contribution in [2.75, 3.05) is 13.2 Å². The number of carbonyl (C=O) groups is 1. The average Bonchev–Trinajstić information content (AvgIpc) is 2.20. The second kappa shape index (κ2) is 4.02. The van der Waals surface area contributed by atoms with Crippen molar-refractivity contribution in [2.24, 2.45) is 29.6 Å². The van der Waals surface area contributed by atoms with Gasteiger partial charge in [0.1, 0.15) is 6.61 Å². The van der Waals surface area contributed by atoms with Crippen molar-refractivity contribution in [1.29, 1.82) is 0 Å². The zero-order valence-electron chi connectivity index (χ0n) is 9.60. The summed E-state index contributed by atoms with van der Waals surface area (Å²) in [6.45, 7) is 0.559. The van der Waals surface area contributed by atoms with E-state index in [9.17, 15) is 4.79 Å². The quantitative estimate of drug-likeness (QED) is 0.796. The largest absolute Gasteiger partial charge is 0.480 e. The lowest BCUT2D eigenvalue weighted by atomic mass is 9.52. The predicted molar refractivity (Wildman–Crippen MR) is 59.0 cm³/mol. The van der Waals surface area contributed by atoms with Gasteiger partial charge in [-0.1, -0.05) is 0 Å². The molecule has 0 atom stereocenters. The van der Waals surface area contributed by atoms with Crippen LogP contribution in [0.4, 0.5) is 0 Å². The lowest BCUT2D eigenvalue weighted by molar-refractivity contribution is -0.145. The van der Waals surface area contributed by atoms with Crippen LogP contribution >= 0.6 is 0 Å². The Morgan fingerprint density at radius 2 is 1.62 bits per heavy atom. The van der Waals surface area contributed by atoms with Crippen molar-refractivity contribution >= 4 is 5.97 Å². The van der Waals surface area contributed by atoms with Gasteiger partial charge in [-0.05, 0) is 61.7 Å². The fourth-order valence-electron chi connectivity index (χ4n) is 4.59. The third-order valence-electron chi connectivity index (χ3n) is 4.96. The van der Waals surface area contributed by atoms with Crippen molar-refractivity contribution in [1.82, 2.24) is 0 Å². The topological polar surface area (TPSA) is 46.5 Å². The number of ether oxygens (including phenoxy) is 1. The third kappa shape index (κ3) is 1.86. The summed E-state index contributed by atoms with van der Waals surface area (Å²) in [7, 11) is 0. The molecule has 0 unspecified atom stereocenters. The highest BCUT2D eigenvalue weighted by atomic mass is 16.5. The van der Waals surface area contributed by atoms with Gasteiger partial charge in [-0.25, -0.2) is 4.79 Å². The predicted octanol–water partition coefficient (Wildman–Crippen LogP) is 2.16. The number of carboxylic acid groups (broad SMARTS) is 1. The van der Waals surface area contributed by atoms with Crippen LogP contribution in [0.3, 0.4) is 0 Å². The molecule has 4 aliphatic rings. The summed E-state index contributed by atoms with van der Waals surface area (Å²) in [6.07, 6.45) is 7.00. The van der Waals surface area contributed by atoms with E-state index in [4.69, 9.17) is 9.84 Å². The van der Waals surface area contributed by atoms with Crippen LogP contribution in [-0.2, 0) is 9.53 Å². The van der Waals surface area contributed by atoms with Crippen LogP contribution in [0.15, 0.2) is 0 Å². The zero-order chi connectivity index (χ0) is 11.1. The molecule has 0 aromatic carbocycles. The van der Waals surface area contributed by atoms with Gasteiger partial charge in [0.15, 0.2) is 0 Å². The molecule has 4 bridgehead atoms. The molecule has 4 rings (SSSR count). The summed E-state index contributed by atoms with van der Waals surface area (Å²) in [4.78, 5) is 10.4. The lowest BCUT2D eigenvalue weighted by Crippen LogP contribution is -2.46. The van der Waals surface area contributed by atoms with Crippen molar-refractivity contribution in [3.05, 3.63) is 0 Å². The van der Waals surface area contributed by atoms with E-state index in [0.717, 1.165) is 23.7 Å². The summed E-state index contributed by atoms with van der Waals surface area (Å²) < 4.78 is 5.32. The monoisotopic (exact) mass is 224 g/mol. The fourth-order valence-corrected chi connectivity index (χ4v) is 4.59. The molecule has 0 heterocycles. The fraction of sp³-hybridized carbons (Fsp3) is 0.923. The van der Waals surface area contributed by atoms with Gasteiger partial charge in [0, 0.05) is 0 Å². The molecular formula is C13H20O3. The average molecular weight is 224 g/mol. The summed E-state index contributed by atoms with van der Waals surface area (Å²) in [5.41, 5.74) is 0. The normalized spacial score (nSPS) is 44.9. The van der Waals surface area contributed by atoms with E-state index in [-0.39, 0.29) is 6.61 Å². The highest BCUT2D eigenvalue weighted by Crippen LogP contribution is 2.56. The summed E-state index contributed by atoms with van der Waals surface area (Å²) in [6, 6.07) is 0. The number of hydrogen-bond acceptors (Lipinski definition) is 2. The molecular weight excluding hydrogens is 204 g/mol. The number of aliphatic carboxylic acids is 1. The Hall–Kier alpha value is -0.570. The molecule has 4 aliphatic carbocycles. The second-order valence-corrected chi connectivity index (χ2v) is 6.00. The second-order valence-electron chi connectivity index (χ2n) is 6.00. The van der Waals surface area contributed by atoms with E-state index in [1.165, 1.54) is 32.1 Å². The first-order valence-corrected chi connectivity index (χ1v) is 6.52. The van der Waals surface area contributed by atoms with Crippen LogP contribution in [0.25, 0.3) is 0 Å². The molecule has 0 saturated heterocycles. The van der Waals surface area contributed by atoms with E-state index in [1.54, 1.807) is 0 Å². The molecule has 3 nitrogen and oxygen atoms in total. The van der Waals surface area contributed by atoms with Crippen LogP contribution in [0.5, 0.6) is 0 Å². The number of carboxylic acids is 1. The molecule has 4 fully saturated rings. The van der Waals surface area contributed by atoms with Gasteiger partial charge in [-0.3, -0.25) is 0 Å². The van der Waals surface area contributed by atoms with E-state index in [1.807, 2.05) is 0 Å². The van der Waals surface area contributed by atoms with Crippen LogP contribution in [0, 0.1) is 29.6 Å². The number of hydrogen-bond donors (Lipinski definition) is 1. The van der Waals surface area contributed by atoms with E-state index in [0.29, 0.717) is 12.5 Å². The zero-order valence-corrected chi connectivity index (χ0v) is 9.60. The SMILES string of the molecule is O=C(O)COCC1C2CC3CC(C2)CC1C3. The lowest BCUT2D eigenvalue weighted by Gasteiger charge is -2.54. The molecule has 0 aromatic heterocycles. The van der Waals surface area contributed by atoms with Crippen molar-refractivity contribution < 1.29 is 14.6 Å². The maximum Gasteiger partial charge on any atom is 0.329 e. The Morgan fingerprint density at radius 3 is 2.12 bits per heavy atom. The molecule has 0 amide bonds. The van der Waals surface area contributed by atoms with Crippen LogP contribution in [0.1, 0.15) is 32.1 Å². The van der Waals surface area contributed by atoms with Crippen LogP contribution in [-0.4, -0.2) is 24.3 Å². The molecule has 90 valence electrons. The molecule has 0 spiro atoms. The maximum absolute atomic E-state index is 10.4. The Kier molecular flexibility index (Phi) is 2.66. The van der Waals surface area contributed by atoms with Gasteiger partial charge in [0.2, 0.25) is 0 Å². The van der Waals surface area contributed by atoms with Crippen LogP contribution < -0.4 is 0 Å². The molecule has 1 N–H and O–H groups in total. The molecule has 4 saturated carbocycles. The Morgan fingerprint density at radius 1 is 1.06 bits per heavy atom. The summed E-state index contributed by atoms with van der Waals surface area (Å²) >= 11 is 0. The Balaban J connectivity index is 1.57. The smallest absolute Gasteiger partial charge is 0.329 e. The molecule has 0 radical (unpaired) electrons. The molecule has 0 aromatic rings. The van der Waals surface area contributed by atoms with E-state index >= 15 is 0 Å². The van der Waals surface area contributed by atoms with Crippen molar-refractivity contribution in [3.63, 3.8) is 0 Å². The minimum Gasteiger partial charge on any atom is -0.480 e. The maximum atomic E-state index is 10.4. The third-order valence-corrected chi connectivity index (χ3v) is 4.96. The minimum absolute atomic E-state index is 0.122. The van der Waals surface area contributed by atoms with E-state index < -0.39 is 5.97 Å². The van der Waals surface area contributed by atoms with Crippen molar-refractivity contribution in [3.8, 4) is 0 Å². The Bertz CT molecular complexity index is 259. The van der Waals surface area contributed by atoms with Crippen LogP contribution in [0.2, 0.25) is 0 Å². The molecule has 3 heteroatoms. The molecule has 0 aliphatic heterocycles. The van der Waals surface area contributed by atoms with Gasteiger partial charge >= 0.3 is 5.97 Å². The minimum atomic E-state index is -0.844. The standard InChI is InChI=1S/C13H20O3/c14-13(15)7-16-6-12-10-2-8-1-9(4-10)5-11(12)3-8/h8-12H,1-7H2,(H,14,15). The Labute approximate surface area is 96.2 Å². The molecule has 16 heavy (non-hydrogen) atoms. The van der Waals surface area contributed by atoms with Gasteiger partial charge in [0.05, 0.1) is 6.61 Å². The van der Waals surface area contributed by atoms with Gasteiger partial charge in [0.25, 0.3) is 0 Å².